The van der Waals surface area contributed by atoms with Crippen molar-refractivity contribution in [2.24, 2.45) is 4.99 Å². The maximum absolute atomic E-state index is 13.5. The molecule has 0 bridgehead atoms. The van der Waals surface area contributed by atoms with Crippen molar-refractivity contribution in [3.8, 4) is 11.5 Å². The van der Waals surface area contributed by atoms with Gasteiger partial charge >= 0.3 is 0 Å². The summed E-state index contributed by atoms with van der Waals surface area (Å²) in [6.45, 7) is 3.28. The van der Waals surface area contributed by atoms with Gasteiger partial charge < -0.3 is 20.5 Å². The fourth-order valence-corrected chi connectivity index (χ4v) is 3.60. The molecule has 0 spiro atoms. The zero-order chi connectivity index (χ0) is 20.6. The average molecular weight is 400 g/mol. The molecule has 1 heterocycles. The molecular weight excluding hydrogens is 371 g/mol. The monoisotopic (exact) mass is 400 g/mol. The maximum Gasteiger partial charge on any atom is 0.191 e. The molecule has 1 aliphatic heterocycles. The quantitative estimate of drug-likeness (QED) is 0.492. The lowest BCUT2D eigenvalue weighted by Crippen LogP contribution is -2.42. The van der Waals surface area contributed by atoms with Crippen LogP contribution < -0.4 is 15.4 Å². The Balaban J connectivity index is 1.62. The van der Waals surface area contributed by atoms with Gasteiger partial charge in [-0.05, 0) is 61.3 Å². The lowest BCUT2D eigenvalue weighted by Gasteiger charge is -2.29. The van der Waals surface area contributed by atoms with Gasteiger partial charge in [0.25, 0.3) is 0 Å². The molecule has 3 N–H and O–H groups in total. The van der Waals surface area contributed by atoms with Gasteiger partial charge in [0.1, 0.15) is 5.75 Å². The SMILES string of the molecule is CN=C(NCc1ccc(O)c(F)c1)NCC(c1ccc(OC)cc1)N1CCCC1. The van der Waals surface area contributed by atoms with E-state index in [9.17, 15) is 9.50 Å². The number of phenols is 1. The van der Waals surface area contributed by atoms with Crippen LogP contribution in [-0.4, -0.2) is 49.8 Å². The average Bonchev–Trinajstić information content (AvgIpc) is 3.28. The Kier molecular flexibility index (Phi) is 7.30. The number of ether oxygens (including phenoxy) is 1. The number of aliphatic imine (C=N–C) groups is 1. The molecule has 29 heavy (non-hydrogen) atoms. The van der Waals surface area contributed by atoms with Crippen molar-refractivity contribution >= 4 is 5.96 Å². The van der Waals surface area contributed by atoms with Crippen molar-refractivity contribution < 1.29 is 14.2 Å². The van der Waals surface area contributed by atoms with Crippen LogP contribution in [0.1, 0.15) is 30.0 Å². The third-order valence-corrected chi connectivity index (χ3v) is 5.24. The van der Waals surface area contributed by atoms with E-state index in [0.29, 0.717) is 19.0 Å². The summed E-state index contributed by atoms with van der Waals surface area (Å²) in [7, 11) is 3.38. The van der Waals surface area contributed by atoms with Crippen LogP contribution in [0.3, 0.4) is 0 Å². The minimum Gasteiger partial charge on any atom is -0.505 e. The van der Waals surface area contributed by atoms with Gasteiger partial charge in [0.05, 0.1) is 13.2 Å². The molecule has 1 fully saturated rings. The maximum atomic E-state index is 13.5. The zero-order valence-corrected chi connectivity index (χ0v) is 17.0. The number of aromatic hydroxyl groups is 1. The van der Waals surface area contributed by atoms with E-state index in [4.69, 9.17) is 4.74 Å². The second-order valence-electron chi connectivity index (χ2n) is 7.12. The van der Waals surface area contributed by atoms with Gasteiger partial charge in [-0.3, -0.25) is 9.89 Å². The number of rotatable bonds is 7. The van der Waals surface area contributed by atoms with E-state index in [1.165, 1.54) is 30.5 Å². The lowest BCUT2D eigenvalue weighted by atomic mass is 10.1. The predicted octanol–water partition coefficient (Wildman–Crippen LogP) is 3.04. The van der Waals surface area contributed by atoms with Crippen LogP contribution in [-0.2, 0) is 6.54 Å². The Hall–Kier alpha value is -2.80. The van der Waals surface area contributed by atoms with Gasteiger partial charge in [-0.2, -0.15) is 0 Å². The summed E-state index contributed by atoms with van der Waals surface area (Å²) in [6.07, 6.45) is 2.43. The van der Waals surface area contributed by atoms with Gasteiger partial charge in [-0.1, -0.05) is 18.2 Å². The first-order valence-electron chi connectivity index (χ1n) is 9.90. The second kappa shape index (κ2) is 10.1. The molecular formula is C22H29FN4O2. The van der Waals surface area contributed by atoms with Crippen LogP contribution in [0, 0.1) is 5.82 Å². The van der Waals surface area contributed by atoms with E-state index in [2.05, 4.69) is 32.7 Å². The van der Waals surface area contributed by atoms with Crippen molar-refractivity contribution in [1.29, 1.82) is 0 Å². The number of hydrogen-bond acceptors (Lipinski definition) is 4. The topological polar surface area (TPSA) is 69.1 Å². The molecule has 1 atom stereocenters. The largest absolute Gasteiger partial charge is 0.505 e. The van der Waals surface area contributed by atoms with E-state index in [1.54, 1.807) is 20.2 Å². The summed E-state index contributed by atoms with van der Waals surface area (Å²) in [5.41, 5.74) is 1.96. The van der Waals surface area contributed by atoms with E-state index in [-0.39, 0.29) is 11.8 Å². The molecule has 0 amide bonds. The fourth-order valence-electron chi connectivity index (χ4n) is 3.60. The molecule has 1 saturated heterocycles. The molecule has 0 radical (unpaired) electrons. The smallest absolute Gasteiger partial charge is 0.191 e. The highest BCUT2D eigenvalue weighted by Crippen LogP contribution is 2.26. The number of nitrogens with zero attached hydrogens (tertiary/aromatic N) is 2. The number of methoxy groups -OCH3 is 1. The van der Waals surface area contributed by atoms with Crippen LogP contribution >= 0.6 is 0 Å². The molecule has 6 nitrogen and oxygen atoms in total. The normalized spacial score (nSPS) is 15.9. The number of likely N-dealkylation sites (tertiary alicyclic amines) is 1. The summed E-state index contributed by atoms with van der Waals surface area (Å²) in [4.78, 5) is 6.76. The van der Waals surface area contributed by atoms with E-state index in [0.717, 1.165) is 24.4 Å². The number of guanidine groups is 1. The number of nitrogens with one attached hydrogen (secondary N) is 2. The van der Waals surface area contributed by atoms with Gasteiger partial charge in [0.15, 0.2) is 17.5 Å². The van der Waals surface area contributed by atoms with Gasteiger partial charge in [0.2, 0.25) is 0 Å². The van der Waals surface area contributed by atoms with Crippen molar-refractivity contribution in [3.63, 3.8) is 0 Å². The molecule has 7 heteroatoms. The highest BCUT2D eigenvalue weighted by Gasteiger charge is 2.23. The van der Waals surface area contributed by atoms with Crippen LogP contribution in [0.15, 0.2) is 47.5 Å². The van der Waals surface area contributed by atoms with E-state index >= 15 is 0 Å². The summed E-state index contributed by atoms with van der Waals surface area (Å²) < 4.78 is 18.8. The summed E-state index contributed by atoms with van der Waals surface area (Å²) in [5.74, 6) is 0.529. The first-order valence-corrected chi connectivity index (χ1v) is 9.90. The van der Waals surface area contributed by atoms with Gasteiger partial charge in [-0.15, -0.1) is 0 Å². The molecule has 2 aromatic rings. The molecule has 3 rings (SSSR count). The highest BCUT2D eigenvalue weighted by atomic mass is 19.1. The number of halogens is 1. The van der Waals surface area contributed by atoms with Crippen molar-refractivity contribution in [3.05, 3.63) is 59.4 Å². The van der Waals surface area contributed by atoms with Crippen molar-refractivity contribution in [2.75, 3.05) is 33.8 Å². The van der Waals surface area contributed by atoms with Gasteiger partial charge in [0, 0.05) is 20.1 Å². The van der Waals surface area contributed by atoms with Crippen LogP contribution in [0.2, 0.25) is 0 Å². The third kappa shape index (κ3) is 5.60. The minimum atomic E-state index is -0.624. The predicted molar refractivity (Wildman–Crippen MR) is 113 cm³/mol. The minimum absolute atomic E-state index is 0.230. The Bertz CT molecular complexity index is 820. The molecule has 0 saturated carbocycles. The van der Waals surface area contributed by atoms with Gasteiger partial charge in [-0.25, -0.2) is 4.39 Å². The van der Waals surface area contributed by atoms with E-state index in [1.807, 2.05) is 12.1 Å². The first kappa shape index (κ1) is 20.9. The summed E-state index contributed by atoms with van der Waals surface area (Å²) in [5, 5.41) is 15.9. The summed E-state index contributed by atoms with van der Waals surface area (Å²) >= 11 is 0. The van der Waals surface area contributed by atoms with Crippen LogP contribution in [0.25, 0.3) is 0 Å². The Morgan fingerprint density at radius 3 is 2.52 bits per heavy atom. The molecule has 0 aliphatic carbocycles. The molecule has 156 valence electrons. The standard InChI is InChI=1S/C22H29FN4O2/c1-24-22(25-14-16-5-10-21(28)19(23)13-16)26-15-20(27-11-3-4-12-27)17-6-8-18(29-2)9-7-17/h5-10,13,20,28H,3-4,11-12,14-15H2,1-2H3,(H2,24,25,26). The molecule has 1 aliphatic rings. The zero-order valence-electron chi connectivity index (χ0n) is 17.0. The number of phenolic OH excluding ortho intramolecular Hbond substituents is 1. The first-order chi connectivity index (χ1) is 14.1. The summed E-state index contributed by atoms with van der Waals surface area (Å²) in [6, 6.07) is 12.8. The fraction of sp³-hybridized carbons (Fsp3) is 0.409. The van der Waals surface area contributed by atoms with Crippen LogP contribution in [0.4, 0.5) is 4.39 Å². The number of benzene rings is 2. The molecule has 2 aromatic carbocycles. The van der Waals surface area contributed by atoms with Crippen molar-refractivity contribution in [1.82, 2.24) is 15.5 Å². The van der Waals surface area contributed by atoms with Crippen molar-refractivity contribution in [2.45, 2.75) is 25.4 Å². The molecule has 1 unspecified atom stereocenters. The Morgan fingerprint density at radius 1 is 1.17 bits per heavy atom. The Labute approximate surface area is 171 Å². The number of hydrogen-bond donors (Lipinski definition) is 3. The van der Waals surface area contributed by atoms with E-state index < -0.39 is 5.82 Å². The van der Waals surface area contributed by atoms with Crippen LogP contribution in [0.5, 0.6) is 11.5 Å². The lowest BCUT2D eigenvalue weighted by molar-refractivity contribution is 0.245. The third-order valence-electron chi connectivity index (χ3n) is 5.24. The highest BCUT2D eigenvalue weighted by molar-refractivity contribution is 5.79. The Morgan fingerprint density at radius 2 is 1.90 bits per heavy atom. The second-order valence-corrected chi connectivity index (χ2v) is 7.12. The molecule has 0 aromatic heterocycles.